The number of halogens is 3. The summed E-state index contributed by atoms with van der Waals surface area (Å²) in [4.78, 5) is 0. The zero-order valence-electron chi connectivity index (χ0n) is 10.1. The second kappa shape index (κ2) is 6.26. The van der Waals surface area contributed by atoms with Crippen molar-refractivity contribution < 1.29 is 13.9 Å². The highest BCUT2D eigenvalue weighted by molar-refractivity contribution is 9.10. The van der Waals surface area contributed by atoms with E-state index in [0.29, 0.717) is 12.0 Å². The van der Waals surface area contributed by atoms with E-state index in [0.717, 1.165) is 16.1 Å². The zero-order valence-corrected chi connectivity index (χ0v) is 11.7. The quantitative estimate of drug-likeness (QED) is 0.904. The molecule has 19 heavy (non-hydrogen) atoms. The van der Waals surface area contributed by atoms with Gasteiger partial charge in [-0.2, -0.15) is 0 Å². The van der Waals surface area contributed by atoms with Crippen LogP contribution in [-0.4, -0.2) is 11.2 Å². The first-order chi connectivity index (χ1) is 9.02. The number of aliphatic hydroxyl groups excluding tert-OH is 1. The highest BCUT2D eigenvalue weighted by Gasteiger charge is 2.09. The lowest BCUT2D eigenvalue weighted by molar-refractivity contribution is 0.175. The normalized spacial score (nSPS) is 12.4. The Kier molecular flexibility index (Phi) is 4.66. The van der Waals surface area contributed by atoms with Crippen LogP contribution in [0, 0.1) is 11.6 Å². The summed E-state index contributed by atoms with van der Waals surface area (Å²) in [5.41, 5.74) is 1.44. The molecule has 0 aliphatic heterocycles. The smallest absolute Gasteiger partial charge is 0.126 e. The van der Waals surface area contributed by atoms with Crippen molar-refractivity contribution in [2.24, 2.45) is 0 Å². The fraction of sp³-hybridized carbons (Fsp3) is 0.200. The van der Waals surface area contributed by atoms with Gasteiger partial charge in [0.25, 0.3) is 0 Å². The fourth-order valence-electron chi connectivity index (χ4n) is 1.97. The summed E-state index contributed by atoms with van der Waals surface area (Å²) >= 11 is 3.34. The summed E-state index contributed by atoms with van der Waals surface area (Å²) in [5.74, 6) is -1.24. The van der Waals surface area contributed by atoms with Crippen LogP contribution >= 0.6 is 15.9 Å². The molecule has 0 aliphatic rings. The van der Waals surface area contributed by atoms with Gasteiger partial charge in [0.2, 0.25) is 0 Å². The molecule has 0 saturated heterocycles. The van der Waals surface area contributed by atoms with Gasteiger partial charge in [-0.25, -0.2) is 8.78 Å². The molecule has 2 aromatic rings. The molecule has 0 heterocycles. The van der Waals surface area contributed by atoms with Crippen molar-refractivity contribution >= 4 is 15.9 Å². The molecule has 0 aliphatic carbocycles. The Labute approximate surface area is 119 Å². The molecular weight excluding hydrogens is 314 g/mol. The molecule has 0 saturated carbocycles. The number of aliphatic hydroxyl groups is 1. The zero-order chi connectivity index (χ0) is 13.8. The molecule has 1 unspecified atom stereocenters. The molecule has 2 rings (SSSR count). The van der Waals surface area contributed by atoms with Crippen molar-refractivity contribution in [2.45, 2.75) is 18.9 Å². The van der Waals surface area contributed by atoms with Gasteiger partial charge in [-0.1, -0.05) is 28.1 Å². The molecule has 4 heteroatoms. The molecule has 1 nitrogen and oxygen atoms in total. The Morgan fingerprint density at radius 3 is 2.00 bits per heavy atom. The van der Waals surface area contributed by atoms with Crippen molar-refractivity contribution in [1.29, 1.82) is 0 Å². The average molecular weight is 327 g/mol. The molecule has 0 bridgehead atoms. The first-order valence-corrected chi connectivity index (χ1v) is 6.70. The first-order valence-electron chi connectivity index (χ1n) is 5.90. The third-order valence-corrected chi connectivity index (χ3v) is 3.31. The largest absolute Gasteiger partial charge is 0.392 e. The maximum Gasteiger partial charge on any atom is 0.126 e. The summed E-state index contributed by atoms with van der Waals surface area (Å²) in [6, 6.07) is 10.9. The van der Waals surface area contributed by atoms with Gasteiger partial charge in [-0.15, -0.1) is 0 Å². The third-order valence-electron chi connectivity index (χ3n) is 2.78. The minimum Gasteiger partial charge on any atom is -0.392 e. The van der Waals surface area contributed by atoms with Crippen molar-refractivity contribution in [1.82, 2.24) is 0 Å². The van der Waals surface area contributed by atoms with Crippen molar-refractivity contribution in [3.63, 3.8) is 0 Å². The van der Waals surface area contributed by atoms with Crippen LogP contribution in [0.25, 0.3) is 0 Å². The van der Waals surface area contributed by atoms with E-state index in [1.807, 2.05) is 24.3 Å². The second-order valence-electron chi connectivity index (χ2n) is 4.47. The van der Waals surface area contributed by atoms with Gasteiger partial charge in [0, 0.05) is 10.5 Å². The molecule has 0 spiro atoms. The van der Waals surface area contributed by atoms with Gasteiger partial charge in [-0.3, -0.25) is 0 Å². The summed E-state index contributed by atoms with van der Waals surface area (Å²) in [6.45, 7) is 0. The average Bonchev–Trinajstić information content (AvgIpc) is 2.30. The Morgan fingerprint density at radius 1 is 0.895 bits per heavy atom. The Hall–Kier alpha value is -1.26. The van der Waals surface area contributed by atoms with Crippen LogP contribution in [0.2, 0.25) is 0 Å². The lowest BCUT2D eigenvalue weighted by Gasteiger charge is -2.11. The van der Waals surface area contributed by atoms with E-state index in [4.69, 9.17) is 0 Å². The van der Waals surface area contributed by atoms with E-state index in [9.17, 15) is 13.9 Å². The number of rotatable bonds is 4. The number of hydrogen-bond acceptors (Lipinski definition) is 1. The Balaban J connectivity index is 2.00. The van der Waals surface area contributed by atoms with Crippen LogP contribution in [0.5, 0.6) is 0 Å². The number of benzene rings is 2. The van der Waals surface area contributed by atoms with Crippen LogP contribution in [-0.2, 0) is 12.8 Å². The minimum atomic E-state index is -0.664. The highest BCUT2D eigenvalue weighted by atomic mass is 79.9. The van der Waals surface area contributed by atoms with Crippen LogP contribution in [0.15, 0.2) is 46.9 Å². The van der Waals surface area contributed by atoms with Crippen LogP contribution in [0.4, 0.5) is 8.78 Å². The van der Waals surface area contributed by atoms with E-state index in [-0.39, 0.29) is 6.42 Å². The minimum absolute atomic E-state index is 0.227. The van der Waals surface area contributed by atoms with Gasteiger partial charge in [0.05, 0.1) is 6.10 Å². The van der Waals surface area contributed by atoms with E-state index in [1.54, 1.807) is 0 Å². The molecule has 0 fully saturated rings. The van der Waals surface area contributed by atoms with Crippen molar-refractivity contribution in [2.75, 3.05) is 0 Å². The molecule has 2 aromatic carbocycles. The SMILES string of the molecule is OC(Cc1ccc(Br)cc1)Cc1cc(F)cc(F)c1. The summed E-state index contributed by atoms with van der Waals surface area (Å²) in [7, 11) is 0. The number of hydrogen-bond donors (Lipinski definition) is 1. The van der Waals surface area contributed by atoms with E-state index in [1.165, 1.54) is 12.1 Å². The highest BCUT2D eigenvalue weighted by Crippen LogP contribution is 2.15. The molecule has 1 atom stereocenters. The van der Waals surface area contributed by atoms with E-state index in [2.05, 4.69) is 15.9 Å². The molecular formula is C15H13BrF2O. The molecule has 0 amide bonds. The molecule has 0 aromatic heterocycles. The lowest BCUT2D eigenvalue weighted by Crippen LogP contribution is -2.14. The summed E-state index contributed by atoms with van der Waals surface area (Å²) in [5, 5.41) is 9.95. The van der Waals surface area contributed by atoms with E-state index >= 15 is 0 Å². The first kappa shape index (κ1) is 14.2. The summed E-state index contributed by atoms with van der Waals surface area (Å²) < 4.78 is 27.0. The van der Waals surface area contributed by atoms with Gasteiger partial charge < -0.3 is 5.11 Å². The Bertz CT molecular complexity index is 534. The maximum absolute atomic E-state index is 13.0. The van der Waals surface area contributed by atoms with Crippen molar-refractivity contribution in [3.8, 4) is 0 Å². The predicted octanol–water partition coefficient (Wildman–Crippen LogP) is 3.87. The standard InChI is InChI=1S/C15H13BrF2O/c16-12-3-1-10(2-4-12)7-15(19)8-11-5-13(17)9-14(18)6-11/h1-6,9,15,19H,7-8H2. The summed E-state index contributed by atoms with van der Waals surface area (Å²) in [6.07, 6.45) is 0.0123. The molecule has 1 N–H and O–H groups in total. The van der Waals surface area contributed by atoms with Gasteiger partial charge >= 0.3 is 0 Å². The predicted molar refractivity (Wildman–Crippen MR) is 73.9 cm³/mol. The molecule has 100 valence electrons. The van der Waals surface area contributed by atoms with Gasteiger partial charge in [-0.05, 0) is 48.2 Å². The van der Waals surface area contributed by atoms with Gasteiger partial charge in [0.15, 0.2) is 0 Å². The maximum atomic E-state index is 13.0. The second-order valence-corrected chi connectivity index (χ2v) is 5.38. The van der Waals surface area contributed by atoms with Gasteiger partial charge in [0.1, 0.15) is 11.6 Å². The van der Waals surface area contributed by atoms with Crippen LogP contribution < -0.4 is 0 Å². The third kappa shape index (κ3) is 4.40. The Morgan fingerprint density at radius 2 is 1.42 bits per heavy atom. The van der Waals surface area contributed by atoms with Crippen LogP contribution in [0.1, 0.15) is 11.1 Å². The monoisotopic (exact) mass is 326 g/mol. The lowest BCUT2D eigenvalue weighted by atomic mass is 10.0. The topological polar surface area (TPSA) is 20.2 Å². The molecule has 0 radical (unpaired) electrons. The van der Waals surface area contributed by atoms with E-state index < -0.39 is 17.7 Å². The van der Waals surface area contributed by atoms with Crippen molar-refractivity contribution in [3.05, 3.63) is 69.7 Å². The van der Waals surface area contributed by atoms with Crippen LogP contribution in [0.3, 0.4) is 0 Å². The fourth-order valence-corrected chi connectivity index (χ4v) is 2.23.